The average Bonchev–Trinajstić information content (AvgIpc) is 3.31. The first-order valence-corrected chi connectivity index (χ1v) is 9.79. The maximum atomic E-state index is 12.7. The van der Waals surface area contributed by atoms with Crippen LogP contribution in [0.25, 0.3) is 21.5 Å². The van der Waals surface area contributed by atoms with Gasteiger partial charge in [-0.05, 0) is 44.0 Å². The third kappa shape index (κ3) is 3.34. The Morgan fingerprint density at radius 1 is 1.15 bits per heavy atom. The number of fused-ring (bicyclic) bond motifs is 1. The van der Waals surface area contributed by atoms with Crippen LogP contribution in [0.3, 0.4) is 0 Å². The number of H-pyrrole nitrogens is 1. The fourth-order valence-corrected chi connectivity index (χ4v) is 4.34. The Morgan fingerprint density at radius 2 is 1.96 bits per heavy atom. The van der Waals surface area contributed by atoms with E-state index in [1.54, 1.807) is 6.26 Å². The molecule has 0 radical (unpaired) electrons. The first kappa shape index (κ1) is 17.7. The van der Waals surface area contributed by atoms with Crippen molar-refractivity contribution in [3.05, 3.63) is 75.3 Å². The van der Waals surface area contributed by atoms with Crippen LogP contribution in [0.5, 0.6) is 0 Å². The fraction of sp³-hybridized carbons (Fsp3) is 0.238. The van der Waals surface area contributed by atoms with Crippen molar-refractivity contribution in [1.82, 2.24) is 15.3 Å². The van der Waals surface area contributed by atoms with Gasteiger partial charge in [-0.15, -0.1) is 11.3 Å². The molecule has 4 aromatic rings. The maximum Gasteiger partial charge on any atom is 0.260 e. The van der Waals surface area contributed by atoms with Crippen LogP contribution in [0.1, 0.15) is 42.9 Å². The number of hydrogen-bond donors (Lipinski definition) is 2. The van der Waals surface area contributed by atoms with E-state index in [-0.39, 0.29) is 17.6 Å². The Hall–Kier alpha value is -2.70. The minimum atomic E-state index is -0.139. The molecule has 3 aromatic heterocycles. The zero-order valence-corrected chi connectivity index (χ0v) is 16.3. The van der Waals surface area contributed by atoms with Gasteiger partial charge in [-0.1, -0.05) is 24.3 Å². The minimum Gasteiger partial charge on any atom is -0.464 e. The number of nitrogens with one attached hydrogen (secondary N) is 2. The highest BCUT2D eigenvalue weighted by Crippen LogP contribution is 2.31. The van der Waals surface area contributed by atoms with E-state index < -0.39 is 0 Å². The molecule has 0 spiro atoms. The maximum absolute atomic E-state index is 12.7. The van der Waals surface area contributed by atoms with E-state index in [9.17, 15) is 4.79 Å². The molecule has 5 nitrogen and oxygen atoms in total. The highest BCUT2D eigenvalue weighted by molar-refractivity contribution is 7.17. The molecule has 138 valence electrons. The number of nitrogens with zero attached hydrogens (tertiary/aromatic N) is 1. The summed E-state index contributed by atoms with van der Waals surface area (Å²) >= 11 is 1.46. The Kier molecular flexibility index (Phi) is 4.68. The van der Waals surface area contributed by atoms with Crippen molar-refractivity contribution in [2.45, 2.75) is 32.9 Å². The number of hydrogen-bond acceptors (Lipinski definition) is 5. The van der Waals surface area contributed by atoms with E-state index in [2.05, 4.69) is 36.3 Å². The van der Waals surface area contributed by atoms with Gasteiger partial charge in [-0.3, -0.25) is 4.79 Å². The second kappa shape index (κ2) is 7.13. The van der Waals surface area contributed by atoms with Gasteiger partial charge in [0.15, 0.2) is 0 Å². The van der Waals surface area contributed by atoms with E-state index in [0.29, 0.717) is 17.0 Å². The number of aromatic nitrogens is 2. The van der Waals surface area contributed by atoms with Gasteiger partial charge in [0.25, 0.3) is 5.56 Å². The molecular weight excluding hydrogens is 358 g/mol. The summed E-state index contributed by atoms with van der Waals surface area (Å²) in [5, 5.41) is 6.03. The highest BCUT2D eigenvalue weighted by Gasteiger charge is 2.18. The zero-order chi connectivity index (χ0) is 19.0. The van der Waals surface area contributed by atoms with Crippen molar-refractivity contribution in [3.8, 4) is 11.3 Å². The molecule has 0 aliphatic carbocycles. The SMILES string of the molecule is Cc1ccccc1C(C)NC(C)c1nc2scc(-c3ccco3)c2c(=O)[nH]1. The predicted molar refractivity (Wildman–Crippen MR) is 109 cm³/mol. The first-order chi connectivity index (χ1) is 13.0. The van der Waals surface area contributed by atoms with Crippen molar-refractivity contribution in [3.63, 3.8) is 0 Å². The summed E-state index contributed by atoms with van der Waals surface area (Å²) in [6.07, 6.45) is 1.60. The van der Waals surface area contributed by atoms with Crippen LogP contribution in [0, 0.1) is 6.92 Å². The van der Waals surface area contributed by atoms with Crippen LogP contribution in [-0.4, -0.2) is 9.97 Å². The number of furan rings is 1. The van der Waals surface area contributed by atoms with E-state index in [4.69, 9.17) is 9.40 Å². The van der Waals surface area contributed by atoms with E-state index >= 15 is 0 Å². The fourth-order valence-electron chi connectivity index (χ4n) is 3.40. The summed E-state index contributed by atoms with van der Waals surface area (Å²) in [6, 6.07) is 12.0. The van der Waals surface area contributed by atoms with Crippen molar-refractivity contribution >= 4 is 21.6 Å². The molecule has 0 saturated carbocycles. The van der Waals surface area contributed by atoms with Crippen molar-refractivity contribution in [2.24, 2.45) is 0 Å². The lowest BCUT2D eigenvalue weighted by atomic mass is 10.0. The standard InChI is InChI=1S/C21H21N3O2S/c1-12-7-4-5-8-15(12)13(2)22-14(3)19-23-20(25)18-16(11-27-21(18)24-19)17-9-6-10-26-17/h4-11,13-14,22H,1-3H3,(H,23,24,25). The summed E-state index contributed by atoms with van der Waals surface area (Å²) in [6.45, 7) is 6.24. The molecule has 2 N–H and O–H groups in total. The molecule has 0 aliphatic heterocycles. The number of thiophene rings is 1. The monoisotopic (exact) mass is 379 g/mol. The van der Waals surface area contributed by atoms with Crippen molar-refractivity contribution in [1.29, 1.82) is 0 Å². The zero-order valence-electron chi connectivity index (χ0n) is 15.4. The second-order valence-electron chi connectivity index (χ2n) is 6.72. The number of aryl methyl sites for hydroxylation is 1. The largest absolute Gasteiger partial charge is 0.464 e. The van der Waals surface area contributed by atoms with Gasteiger partial charge in [-0.25, -0.2) is 4.98 Å². The summed E-state index contributed by atoms with van der Waals surface area (Å²) in [7, 11) is 0. The Labute approximate surface area is 161 Å². The molecule has 0 saturated heterocycles. The second-order valence-corrected chi connectivity index (χ2v) is 7.58. The van der Waals surface area contributed by atoms with Crippen molar-refractivity contribution in [2.75, 3.05) is 0 Å². The van der Waals surface area contributed by atoms with Crippen molar-refractivity contribution < 1.29 is 4.42 Å². The molecule has 1 aromatic carbocycles. The minimum absolute atomic E-state index is 0.0918. The van der Waals surface area contributed by atoms with Crippen LogP contribution in [-0.2, 0) is 0 Å². The summed E-state index contributed by atoms with van der Waals surface area (Å²) < 4.78 is 5.45. The third-order valence-electron chi connectivity index (χ3n) is 4.81. The van der Waals surface area contributed by atoms with Gasteiger partial charge >= 0.3 is 0 Å². The summed E-state index contributed by atoms with van der Waals surface area (Å²) in [4.78, 5) is 21.1. The lowest BCUT2D eigenvalue weighted by molar-refractivity contribution is 0.475. The molecule has 2 atom stereocenters. The van der Waals surface area contributed by atoms with Crippen LogP contribution in [0.4, 0.5) is 0 Å². The number of aromatic amines is 1. The number of benzene rings is 1. The van der Waals surface area contributed by atoms with Gasteiger partial charge in [0.2, 0.25) is 0 Å². The lowest BCUT2D eigenvalue weighted by Gasteiger charge is -2.21. The Bertz CT molecular complexity index is 1130. The van der Waals surface area contributed by atoms with Gasteiger partial charge in [0.05, 0.1) is 17.7 Å². The summed E-state index contributed by atoms with van der Waals surface area (Å²) in [5.74, 6) is 1.32. The van der Waals surface area contributed by atoms with Gasteiger partial charge in [-0.2, -0.15) is 0 Å². The van der Waals surface area contributed by atoms with E-state index in [1.165, 1.54) is 22.5 Å². The molecule has 27 heavy (non-hydrogen) atoms. The van der Waals surface area contributed by atoms with Gasteiger partial charge in [0, 0.05) is 17.0 Å². The predicted octanol–water partition coefficient (Wildman–Crippen LogP) is 4.96. The Balaban J connectivity index is 1.64. The quantitative estimate of drug-likeness (QED) is 0.514. The normalized spacial score (nSPS) is 13.7. The summed E-state index contributed by atoms with van der Waals surface area (Å²) in [5.41, 5.74) is 3.13. The molecule has 0 aliphatic rings. The van der Waals surface area contributed by atoms with Gasteiger partial charge in [0.1, 0.15) is 16.4 Å². The molecule has 3 heterocycles. The molecule has 6 heteroatoms. The van der Waals surface area contributed by atoms with E-state index in [0.717, 1.165) is 10.4 Å². The third-order valence-corrected chi connectivity index (χ3v) is 5.69. The van der Waals surface area contributed by atoms with Crippen LogP contribution in [0.2, 0.25) is 0 Å². The van der Waals surface area contributed by atoms with Crippen LogP contribution >= 0.6 is 11.3 Å². The molecule has 0 amide bonds. The molecule has 4 rings (SSSR count). The molecular formula is C21H21N3O2S. The number of rotatable bonds is 5. The van der Waals surface area contributed by atoms with E-state index in [1.807, 2.05) is 36.6 Å². The van der Waals surface area contributed by atoms with Crippen LogP contribution in [0.15, 0.2) is 57.3 Å². The van der Waals surface area contributed by atoms with Gasteiger partial charge < -0.3 is 14.7 Å². The molecule has 0 bridgehead atoms. The Morgan fingerprint density at radius 3 is 2.70 bits per heavy atom. The smallest absolute Gasteiger partial charge is 0.260 e. The molecule has 2 unspecified atom stereocenters. The average molecular weight is 379 g/mol. The molecule has 0 fully saturated rings. The topological polar surface area (TPSA) is 70.9 Å². The van der Waals surface area contributed by atoms with Crippen LogP contribution < -0.4 is 10.9 Å². The first-order valence-electron chi connectivity index (χ1n) is 8.91. The lowest BCUT2D eigenvalue weighted by Crippen LogP contribution is -2.26. The highest BCUT2D eigenvalue weighted by atomic mass is 32.1.